The zero-order valence-electron chi connectivity index (χ0n) is 14.9. The lowest BCUT2D eigenvalue weighted by atomic mass is 10.3. The highest BCUT2D eigenvalue weighted by Gasteiger charge is 2.19. The highest BCUT2D eigenvalue weighted by molar-refractivity contribution is 6.36. The molecule has 1 heterocycles. The van der Waals surface area contributed by atoms with Crippen molar-refractivity contribution in [1.29, 1.82) is 0 Å². The molecule has 1 aromatic heterocycles. The van der Waals surface area contributed by atoms with Gasteiger partial charge in [0, 0.05) is 31.4 Å². The summed E-state index contributed by atoms with van der Waals surface area (Å²) in [5, 5.41) is 9.71. The molecule has 27 heavy (non-hydrogen) atoms. The number of hydrogen-bond donors (Lipinski definition) is 2. The van der Waals surface area contributed by atoms with Crippen LogP contribution in [0.2, 0.25) is 10.0 Å². The predicted octanol–water partition coefficient (Wildman–Crippen LogP) is 3.80. The van der Waals surface area contributed by atoms with Gasteiger partial charge in [-0.1, -0.05) is 28.4 Å². The average molecular weight is 415 g/mol. The largest absolute Gasteiger partial charge is 0.385 e. The molecular weight excluding hydrogens is 395 g/mol. The fourth-order valence-electron chi connectivity index (χ4n) is 2.22. The van der Waals surface area contributed by atoms with Gasteiger partial charge in [0.05, 0.1) is 10.7 Å². The number of carbonyl (C=O) groups is 2. The standard InChI is InChI=1S/C17H20Cl2N4O4/c1-11-8-15(22-27-11)21-16(24)10-23(6-3-7-26-2)17(25)20-14-5-4-12(18)9-13(14)19/h4-5,8-9H,3,6-7,10H2,1-2H3,(H,20,25)(H,21,22,24). The molecule has 0 aliphatic heterocycles. The first-order chi connectivity index (χ1) is 12.9. The van der Waals surface area contributed by atoms with Crippen LogP contribution in [0.1, 0.15) is 12.2 Å². The fourth-order valence-corrected chi connectivity index (χ4v) is 2.67. The minimum Gasteiger partial charge on any atom is -0.385 e. The van der Waals surface area contributed by atoms with E-state index in [9.17, 15) is 9.59 Å². The van der Waals surface area contributed by atoms with E-state index in [1.54, 1.807) is 32.2 Å². The van der Waals surface area contributed by atoms with Gasteiger partial charge < -0.3 is 24.8 Å². The molecule has 146 valence electrons. The summed E-state index contributed by atoms with van der Waals surface area (Å²) in [7, 11) is 1.57. The summed E-state index contributed by atoms with van der Waals surface area (Å²) < 4.78 is 9.91. The number of anilines is 2. The number of urea groups is 1. The molecule has 0 fully saturated rings. The number of aromatic nitrogens is 1. The first-order valence-corrected chi connectivity index (χ1v) is 8.87. The number of nitrogens with zero attached hydrogens (tertiary/aromatic N) is 2. The minimum absolute atomic E-state index is 0.174. The average Bonchev–Trinajstić information content (AvgIpc) is 3.01. The summed E-state index contributed by atoms with van der Waals surface area (Å²) in [5.74, 6) is 0.450. The van der Waals surface area contributed by atoms with Crippen LogP contribution in [-0.4, -0.2) is 48.8 Å². The third-order valence-electron chi connectivity index (χ3n) is 3.47. The normalized spacial score (nSPS) is 10.5. The number of rotatable bonds is 8. The molecular formula is C17H20Cl2N4O4. The highest BCUT2D eigenvalue weighted by atomic mass is 35.5. The molecule has 2 rings (SSSR count). The Morgan fingerprint density at radius 1 is 1.26 bits per heavy atom. The number of carbonyl (C=O) groups excluding carboxylic acids is 2. The Morgan fingerprint density at radius 3 is 2.67 bits per heavy atom. The third kappa shape index (κ3) is 6.74. The van der Waals surface area contributed by atoms with E-state index in [0.717, 1.165) is 0 Å². The summed E-state index contributed by atoms with van der Waals surface area (Å²) in [6.45, 7) is 2.31. The molecule has 0 bridgehead atoms. The Bertz CT molecular complexity index is 797. The van der Waals surface area contributed by atoms with Crippen LogP contribution in [0.15, 0.2) is 28.8 Å². The number of nitrogens with one attached hydrogen (secondary N) is 2. The van der Waals surface area contributed by atoms with Gasteiger partial charge in [0.25, 0.3) is 0 Å². The molecule has 0 radical (unpaired) electrons. The summed E-state index contributed by atoms with van der Waals surface area (Å²) >= 11 is 11.9. The van der Waals surface area contributed by atoms with Crippen molar-refractivity contribution >= 4 is 46.6 Å². The van der Waals surface area contributed by atoms with Crippen LogP contribution in [0.25, 0.3) is 0 Å². The maximum absolute atomic E-state index is 12.6. The lowest BCUT2D eigenvalue weighted by molar-refractivity contribution is -0.116. The molecule has 2 aromatic rings. The number of hydrogen-bond acceptors (Lipinski definition) is 5. The van der Waals surface area contributed by atoms with Crippen molar-refractivity contribution in [2.24, 2.45) is 0 Å². The monoisotopic (exact) mass is 414 g/mol. The van der Waals surface area contributed by atoms with Crippen LogP contribution in [0.3, 0.4) is 0 Å². The van der Waals surface area contributed by atoms with Crippen LogP contribution < -0.4 is 10.6 Å². The zero-order chi connectivity index (χ0) is 19.8. The van der Waals surface area contributed by atoms with Crippen LogP contribution in [0, 0.1) is 6.92 Å². The van der Waals surface area contributed by atoms with Gasteiger partial charge in [-0.25, -0.2) is 4.79 Å². The summed E-state index contributed by atoms with van der Waals surface area (Å²) in [5.41, 5.74) is 0.398. The van der Waals surface area contributed by atoms with Crippen LogP contribution in [0.5, 0.6) is 0 Å². The van der Waals surface area contributed by atoms with Crippen molar-refractivity contribution in [3.63, 3.8) is 0 Å². The van der Waals surface area contributed by atoms with E-state index in [1.807, 2.05) is 0 Å². The molecule has 0 unspecified atom stereocenters. The molecule has 0 spiro atoms. The number of amides is 3. The second kappa shape index (κ2) is 10.1. The lowest BCUT2D eigenvalue weighted by Crippen LogP contribution is -2.41. The fraction of sp³-hybridized carbons (Fsp3) is 0.353. The lowest BCUT2D eigenvalue weighted by Gasteiger charge is -2.22. The molecule has 3 amide bonds. The molecule has 10 heteroatoms. The van der Waals surface area contributed by atoms with Gasteiger partial charge in [0.15, 0.2) is 5.82 Å². The second-order valence-electron chi connectivity index (χ2n) is 5.69. The number of halogens is 2. The van der Waals surface area contributed by atoms with E-state index in [-0.39, 0.29) is 12.4 Å². The maximum Gasteiger partial charge on any atom is 0.322 e. The van der Waals surface area contributed by atoms with Gasteiger partial charge in [-0.05, 0) is 31.5 Å². The molecule has 0 aliphatic carbocycles. The van der Waals surface area contributed by atoms with Crippen molar-refractivity contribution in [2.45, 2.75) is 13.3 Å². The molecule has 0 saturated heterocycles. The predicted molar refractivity (Wildman–Crippen MR) is 103 cm³/mol. The molecule has 0 atom stereocenters. The van der Waals surface area contributed by atoms with Gasteiger partial charge in [0.2, 0.25) is 5.91 Å². The van der Waals surface area contributed by atoms with E-state index in [1.165, 1.54) is 11.0 Å². The van der Waals surface area contributed by atoms with E-state index in [0.29, 0.717) is 41.1 Å². The van der Waals surface area contributed by atoms with Crippen molar-refractivity contribution in [1.82, 2.24) is 10.1 Å². The third-order valence-corrected chi connectivity index (χ3v) is 4.01. The quantitative estimate of drug-likeness (QED) is 0.640. The van der Waals surface area contributed by atoms with Crippen molar-refractivity contribution in [2.75, 3.05) is 37.4 Å². The zero-order valence-corrected chi connectivity index (χ0v) is 16.4. The van der Waals surface area contributed by atoms with Crippen LogP contribution >= 0.6 is 23.2 Å². The van der Waals surface area contributed by atoms with Crippen molar-refractivity contribution < 1.29 is 18.8 Å². The number of methoxy groups -OCH3 is 1. The highest BCUT2D eigenvalue weighted by Crippen LogP contribution is 2.25. The Morgan fingerprint density at radius 2 is 2.04 bits per heavy atom. The van der Waals surface area contributed by atoms with Crippen LogP contribution in [0.4, 0.5) is 16.3 Å². The maximum atomic E-state index is 12.6. The van der Waals surface area contributed by atoms with Crippen molar-refractivity contribution in [3.8, 4) is 0 Å². The number of benzene rings is 1. The van der Waals surface area contributed by atoms with Gasteiger partial charge in [-0.15, -0.1) is 0 Å². The summed E-state index contributed by atoms with van der Waals surface area (Å²) in [6.07, 6.45) is 0.564. The van der Waals surface area contributed by atoms with Crippen molar-refractivity contribution in [3.05, 3.63) is 40.1 Å². The Hall–Kier alpha value is -2.29. The molecule has 8 nitrogen and oxygen atoms in total. The van der Waals surface area contributed by atoms with Crippen LogP contribution in [-0.2, 0) is 9.53 Å². The number of aryl methyl sites for hydroxylation is 1. The SMILES string of the molecule is COCCCN(CC(=O)Nc1cc(C)on1)C(=O)Nc1ccc(Cl)cc1Cl. The minimum atomic E-state index is -0.471. The topological polar surface area (TPSA) is 96.7 Å². The Balaban J connectivity index is 2.02. The number of ether oxygens (including phenoxy) is 1. The first kappa shape index (κ1) is 21.0. The Kier molecular flexibility index (Phi) is 7.90. The van der Waals surface area contributed by atoms with Gasteiger partial charge in [-0.3, -0.25) is 4.79 Å². The summed E-state index contributed by atoms with van der Waals surface area (Å²) in [6, 6.07) is 5.84. The first-order valence-electron chi connectivity index (χ1n) is 8.12. The molecule has 0 aliphatic rings. The molecule has 2 N–H and O–H groups in total. The van der Waals surface area contributed by atoms with Gasteiger partial charge >= 0.3 is 6.03 Å². The van der Waals surface area contributed by atoms with E-state index >= 15 is 0 Å². The van der Waals surface area contributed by atoms with E-state index in [2.05, 4.69) is 15.8 Å². The van der Waals surface area contributed by atoms with E-state index in [4.69, 9.17) is 32.5 Å². The molecule has 0 saturated carbocycles. The molecule has 1 aromatic carbocycles. The second-order valence-corrected chi connectivity index (χ2v) is 6.54. The Labute approximate surface area is 166 Å². The van der Waals surface area contributed by atoms with Gasteiger partial charge in [-0.2, -0.15) is 0 Å². The van der Waals surface area contributed by atoms with Gasteiger partial charge in [0.1, 0.15) is 12.3 Å². The van der Waals surface area contributed by atoms with E-state index < -0.39 is 11.9 Å². The smallest absolute Gasteiger partial charge is 0.322 e. The summed E-state index contributed by atoms with van der Waals surface area (Å²) in [4.78, 5) is 26.2.